The van der Waals surface area contributed by atoms with E-state index >= 15 is 0 Å². The fourth-order valence-electron chi connectivity index (χ4n) is 3.04. The Morgan fingerprint density at radius 1 is 1.05 bits per heavy atom. The van der Waals surface area contributed by atoms with E-state index in [-0.39, 0.29) is 29.6 Å². The van der Waals surface area contributed by atoms with Crippen LogP contribution in [0.2, 0.25) is 0 Å². The van der Waals surface area contributed by atoms with Crippen molar-refractivity contribution in [3.05, 3.63) is 29.1 Å². The van der Waals surface area contributed by atoms with Crippen molar-refractivity contribution in [3.8, 4) is 0 Å². The molecule has 104 valence electrons. The molecule has 1 aliphatic carbocycles. The highest BCUT2D eigenvalue weighted by molar-refractivity contribution is 6.21. The van der Waals surface area contributed by atoms with E-state index in [1.54, 1.807) is 0 Å². The number of anilines is 1. The second kappa shape index (κ2) is 4.51. The molecule has 1 aromatic rings. The summed E-state index contributed by atoms with van der Waals surface area (Å²) in [6.45, 7) is 5.67. The Bertz CT molecular complexity index is 616. The van der Waals surface area contributed by atoms with E-state index in [2.05, 4.69) is 16.0 Å². The maximum atomic E-state index is 12.5. The summed E-state index contributed by atoms with van der Waals surface area (Å²) in [5.74, 6) is -0.566. The van der Waals surface area contributed by atoms with Crippen LogP contribution in [-0.2, 0) is 9.59 Å². The molecule has 0 aromatic carbocycles. The van der Waals surface area contributed by atoms with Crippen LogP contribution in [0, 0.1) is 25.7 Å². The maximum Gasteiger partial charge on any atom is 0.240 e. The smallest absolute Gasteiger partial charge is 0.240 e. The third kappa shape index (κ3) is 1.94. The van der Waals surface area contributed by atoms with Crippen molar-refractivity contribution in [1.82, 2.24) is 9.97 Å². The molecule has 0 N–H and O–H groups in total. The topological polar surface area (TPSA) is 63.2 Å². The van der Waals surface area contributed by atoms with E-state index in [1.807, 2.05) is 26.8 Å². The summed E-state index contributed by atoms with van der Waals surface area (Å²) in [6.07, 6.45) is 3.36. The number of amides is 2. The van der Waals surface area contributed by atoms with Crippen molar-refractivity contribution in [1.29, 1.82) is 0 Å². The highest BCUT2D eigenvalue weighted by Crippen LogP contribution is 2.38. The summed E-state index contributed by atoms with van der Waals surface area (Å²) >= 11 is 0. The second-order valence-electron chi connectivity index (χ2n) is 5.67. The number of hydrogen-bond donors (Lipinski definition) is 0. The van der Waals surface area contributed by atoms with Gasteiger partial charge < -0.3 is 0 Å². The molecule has 0 saturated carbocycles. The Hall–Kier alpha value is -2.04. The van der Waals surface area contributed by atoms with Gasteiger partial charge in [-0.05, 0) is 39.7 Å². The molecule has 5 heteroatoms. The van der Waals surface area contributed by atoms with Gasteiger partial charge in [0.15, 0.2) is 0 Å². The molecule has 2 aliphatic rings. The van der Waals surface area contributed by atoms with Crippen LogP contribution in [0.3, 0.4) is 0 Å². The molecule has 1 saturated heterocycles. The van der Waals surface area contributed by atoms with Crippen LogP contribution >= 0.6 is 0 Å². The van der Waals surface area contributed by atoms with E-state index in [9.17, 15) is 9.59 Å². The molecule has 5 nitrogen and oxygen atoms in total. The third-order valence-electron chi connectivity index (χ3n) is 3.99. The quantitative estimate of drug-likeness (QED) is 0.578. The number of imide groups is 1. The molecule has 0 radical (unpaired) electrons. The van der Waals surface area contributed by atoms with Crippen LogP contribution in [-0.4, -0.2) is 21.8 Å². The van der Waals surface area contributed by atoms with Crippen LogP contribution in [0.15, 0.2) is 17.7 Å². The average molecular weight is 271 g/mol. The number of carbonyl (C=O) groups excluding carboxylic acids is 2. The Morgan fingerprint density at radius 2 is 1.65 bits per heavy atom. The molecule has 2 atom stereocenters. The summed E-state index contributed by atoms with van der Waals surface area (Å²) in [5.41, 5.74) is 2.70. The Morgan fingerprint density at radius 3 is 2.30 bits per heavy atom. The van der Waals surface area contributed by atoms with Gasteiger partial charge in [0.1, 0.15) is 0 Å². The van der Waals surface area contributed by atoms with E-state index in [0.29, 0.717) is 12.8 Å². The first-order valence-electron chi connectivity index (χ1n) is 6.83. The lowest BCUT2D eigenvalue weighted by atomic mass is 9.82. The van der Waals surface area contributed by atoms with Crippen molar-refractivity contribution in [2.45, 2.75) is 33.6 Å². The van der Waals surface area contributed by atoms with E-state index in [1.165, 1.54) is 10.5 Å². The molecule has 2 amide bonds. The molecule has 0 unspecified atom stereocenters. The minimum absolute atomic E-state index is 0.155. The molecule has 0 bridgehead atoms. The third-order valence-corrected chi connectivity index (χ3v) is 3.99. The Labute approximate surface area is 117 Å². The zero-order valence-electron chi connectivity index (χ0n) is 11.9. The van der Waals surface area contributed by atoms with Gasteiger partial charge >= 0.3 is 0 Å². The maximum absolute atomic E-state index is 12.5. The summed E-state index contributed by atoms with van der Waals surface area (Å²) < 4.78 is 0. The predicted molar refractivity (Wildman–Crippen MR) is 74.0 cm³/mol. The van der Waals surface area contributed by atoms with Gasteiger partial charge in [-0.15, -0.1) is 0 Å². The molecular weight excluding hydrogens is 254 g/mol. The molecule has 1 fully saturated rings. The number of rotatable bonds is 1. The van der Waals surface area contributed by atoms with Crippen molar-refractivity contribution < 1.29 is 9.59 Å². The second-order valence-corrected chi connectivity index (χ2v) is 5.67. The van der Waals surface area contributed by atoms with Crippen molar-refractivity contribution in [2.24, 2.45) is 11.8 Å². The highest BCUT2D eigenvalue weighted by Gasteiger charge is 2.49. The normalized spacial score (nSPS) is 25.8. The number of nitrogens with zero attached hydrogens (tertiary/aromatic N) is 3. The summed E-state index contributed by atoms with van der Waals surface area (Å²) in [7, 11) is 0. The van der Waals surface area contributed by atoms with Gasteiger partial charge in [-0.3, -0.25) is 9.59 Å². The van der Waals surface area contributed by atoms with Crippen molar-refractivity contribution >= 4 is 17.8 Å². The minimum Gasteiger partial charge on any atom is -0.274 e. The summed E-state index contributed by atoms with van der Waals surface area (Å²) in [4.78, 5) is 34.7. The zero-order valence-corrected chi connectivity index (χ0v) is 11.9. The van der Waals surface area contributed by atoms with Crippen LogP contribution < -0.4 is 4.90 Å². The van der Waals surface area contributed by atoms with Gasteiger partial charge in [-0.1, -0.05) is 11.6 Å². The number of fused-ring (bicyclic) bond motifs is 1. The van der Waals surface area contributed by atoms with Crippen molar-refractivity contribution in [2.75, 3.05) is 4.90 Å². The number of hydrogen-bond acceptors (Lipinski definition) is 4. The Balaban J connectivity index is 2.00. The molecule has 1 aromatic heterocycles. The van der Waals surface area contributed by atoms with Crippen LogP contribution in [0.25, 0.3) is 0 Å². The first kappa shape index (κ1) is 13.0. The minimum atomic E-state index is -0.240. The molecule has 20 heavy (non-hydrogen) atoms. The van der Waals surface area contributed by atoms with Crippen LogP contribution in [0.4, 0.5) is 5.95 Å². The number of aromatic nitrogens is 2. The van der Waals surface area contributed by atoms with Gasteiger partial charge in [-0.25, -0.2) is 14.9 Å². The number of allylic oxidation sites excluding steroid dienone is 2. The average Bonchev–Trinajstić information content (AvgIpc) is 2.60. The first-order valence-corrected chi connectivity index (χ1v) is 6.83. The lowest BCUT2D eigenvalue weighted by Crippen LogP contribution is -2.32. The molecular formula is C15H17N3O2. The van der Waals surface area contributed by atoms with Crippen LogP contribution in [0.5, 0.6) is 0 Å². The lowest BCUT2D eigenvalue weighted by molar-refractivity contribution is -0.122. The summed E-state index contributed by atoms with van der Waals surface area (Å²) in [6, 6.07) is 1.83. The van der Waals surface area contributed by atoms with Crippen LogP contribution in [0.1, 0.15) is 31.2 Å². The van der Waals surface area contributed by atoms with E-state index in [4.69, 9.17) is 0 Å². The standard InChI is InChI=1S/C15H17N3O2/c1-8-4-5-11-12(6-8)14(20)18(13(11)19)15-16-9(2)7-10(3)17-15/h4,7,11-12H,5-6H2,1-3H3/t11-,12+/m1/s1. The molecule has 0 spiro atoms. The van der Waals surface area contributed by atoms with Crippen molar-refractivity contribution in [3.63, 3.8) is 0 Å². The first-order chi connectivity index (χ1) is 9.47. The predicted octanol–water partition coefficient (Wildman–Crippen LogP) is 1.94. The molecule has 3 rings (SSSR count). The zero-order chi connectivity index (χ0) is 14.4. The molecule has 1 aliphatic heterocycles. The van der Waals surface area contributed by atoms with E-state index < -0.39 is 0 Å². The van der Waals surface area contributed by atoms with E-state index in [0.717, 1.165) is 11.4 Å². The fraction of sp³-hybridized carbons (Fsp3) is 0.467. The molecule has 2 heterocycles. The summed E-state index contributed by atoms with van der Waals surface area (Å²) in [5, 5.41) is 0. The van der Waals surface area contributed by atoms with Gasteiger partial charge in [0, 0.05) is 11.4 Å². The van der Waals surface area contributed by atoms with Gasteiger partial charge in [0.25, 0.3) is 0 Å². The number of carbonyl (C=O) groups is 2. The van der Waals surface area contributed by atoms with Gasteiger partial charge in [0.05, 0.1) is 11.8 Å². The van der Waals surface area contributed by atoms with Gasteiger partial charge in [-0.2, -0.15) is 0 Å². The monoisotopic (exact) mass is 271 g/mol. The SMILES string of the molecule is CC1=CC[C@H]2C(=O)N(c3nc(C)cc(C)n3)C(=O)[C@H]2C1. The lowest BCUT2D eigenvalue weighted by Gasteiger charge is -2.18. The largest absolute Gasteiger partial charge is 0.274 e. The van der Waals surface area contributed by atoms with Gasteiger partial charge in [0.2, 0.25) is 17.8 Å². The number of aryl methyl sites for hydroxylation is 2. The Kier molecular flexibility index (Phi) is 2.92. The fourth-order valence-corrected chi connectivity index (χ4v) is 3.04. The highest BCUT2D eigenvalue weighted by atomic mass is 16.2.